The van der Waals surface area contributed by atoms with Crippen LogP contribution in [0.15, 0.2) is 17.2 Å². The van der Waals surface area contributed by atoms with Crippen molar-refractivity contribution in [1.82, 2.24) is 14.6 Å². The molecule has 0 spiro atoms. The average Bonchev–Trinajstić information content (AvgIpc) is 2.64. The predicted octanol–water partition coefficient (Wildman–Crippen LogP) is 0.916. The van der Waals surface area contributed by atoms with E-state index in [1.807, 2.05) is 11.6 Å². The monoisotopic (exact) mass is 259 g/mol. The molecule has 0 bridgehead atoms. The van der Waals surface area contributed by atoms with Gasteiger partial charge in [0.25, 0.3) is 0 Å². The highest BCUT2D eigenvalue weighted by Gasteiger charge is 2.16. The third-order valence-electron chi connectivity index (χ3n) is 2.43. The summed E-state index contributed by atoms with van der Waals surface area (Å²) in [6, 6.07) is 1.73. The molecule has 17 heavy (non-hydrogen) atoms. The summed E-state index contributed by atoms with van der Waals surface area (Å²) < 4.78 is 28.2. The molecule has 0 fully saturated rings. The number of nitrogens with zero attached hydrogens (tertiary/aromatic N) is 1. The summed E-state index contributed by atoms with van der Waals surface area (Å²) in [5.41, 5.74) is 0.992. The van der Waals surface area contributed by atoms with Crippen LogP contribution in [0.4, 0.5) is 0 Å². The molecular weight excluding hydrogens is 238 g/mol. The molecular formula is C11H21N3O2S. The highest BCUT2D eigenvalue weighted by molar-refractivity contribution is 7.89. The van der Waals surface area contributed by atoms with Crippen LogP contribution < -0.4 is 10.0 Å². The van der Waals surface area contributed by atoms with E-state index in [1.165, 1.54) is 0 Å². The Hall–Kier alpha value is -0.850. The molecule has 98 valence electrons. The summed E-state index contributed by atoms with van der Waals surface area (Å²) in [6.45, 7) is 5.75. The Bertz CT molecular complexity index is 428. The molecule has 0 aliphatic rings. The molecule has 0 aromatic carbocycles. The van der Waals surface area contributed by atoms with E-state index in [4.69, 9.17) is 0 Å². The molecule has 2 N–H and O–H groups in total. The lowest BCUT2D eigenvalue weighted by Gasteiger charge is -2.06. The summed E-state index contributed by atoms with van der Waals surface area (Å²) in [5, 5.41) is 3.04. The first-order chi connectivity index (χ1) is 8.05. The molecule has 1 aromatic heterocycles. The summed E-state index contributed by atoms with van der Waals surface area (Å²) >= 11 is 0. The summed E-state index contributed by atoms with van der Waals surface area (Å²) in [7, 11) is -1.50. The number of hydrogen-bond acceptors (Lipinski definition) is 3. The molecule has 6 heteroatoms. The van der Waals surface area contributed by atoms with E-state index in [0.717, 1.165) is 18.7 Å². The Labute approximate surface area is 103 Å². The van der Waals surface area contributed by atoms with Gasteiger partial charge < -0.3 is 9.88 Å². The van der Waals surface area contributed by atoms with E-state index in [9.17, 15) is 8.42 Å². The van der Waals surface area contributed by atoms with Gasteiger partial charge in [0.1, 0.15) is 0 Å². The fourth-order valence-electron chi connectivity index (χ4n) is 1.72. The third kappa shape index (κ3) is 3.55. The minimum atomic E-state index is -3.35. The van der Waals surface area contributed by atoms with E-state index in [-0.39, 0.29) is 0 Å². The average molecular weight is 259 g/mol. The lowest BCUT2D eigenvalue weighted by Crippen LogP contribution is -2.22. The van der Waals surface area contributed by atoms with Crippen molar-refractivity contribution in [2.45, 2.75) is 38.3 Å². The zero-order valence-corrected chi connectivity index (χ0v) is 11.5. The Morgan fingerprint density at radius 3 is 2.59 bits per heavy atom. The SMILES string of the molecule is CCCn1cc(S(=O)(=O)NCC)cc1CNC. The van der Waals surface area contributed by atoms with Crippen LogP contribution in [0.1, 0.15) is 26.0 Å². The molecule has 1 rings (SSSR count). The quantitative estimate of drug-likeness (QED) is 0.765. The van der Waals surface area contributed by atoms with Crippen molar-refractivity contribution >= 4 is 10.0 Å². The maximum absolute atomic E-state index is 11.9. The van der Waals surface area contributed by atoms with Gasteiger partial charge in [-0.05, 0) is 19.5 Å². The van der Waals surface area contributed by atoms with Gasteiger partial charge >= 0.3 is 0 Å². The molecule has 0 amide bonds. The minimum absolute atomic E-state index is 0.345. The van der Waals surface area contributed by atoms with E-state index in [2.05, 4.69) is 17.0 Å². The van der Waals surface area contributed by atoms with Crippen LogP contribution in [0, 0.1) is 0 Å². The van der Waals surface area contributed by atoms with Crippen molar-refractivity contribution in [3.05, 3.63) is 18.0 Å². The second kappa shape index (κ2) is 6.18. The molecule has 0 unspecified atom stereocenters. The van der Waals surface area contributed by atoms with Gasteiger partial charge in [-0.2, -0.15) is 0 Å². The van der Waals surface area contributed by atoms with Crippen molar-refractivity contribution in [3.63, 3.8) is 0 Å². The van der Waals surface area contributed by atoms with Gasteiger partial charge in [0.05, 0.1) is 4.90 Å². The summed E-state index contributed by atoms with van der Waals surface area (Å²) in [5.74, 6) is 0. The zero-order chi connectivity index (χ0) is 12.9. The zero-order valence-electron chi connectivity index (χ0n) is 10.7. The largest absolute Gasteiger partial charge is 0.349 e. The number of aryl methyl sites for hydroxylation is 1. The van der Waals surface area contributed by atoms with Crippen LogP contribution in [-0.4, -0.2) is 26.6 Å². The van der Waals surface area contributed by atoms with Gasteiger partial charge in [-0.25, -0.2) is 13.1 Å². The van der Waals surface area contributed by atoms with Crippen molar-refractivity contribution in [1.29, 1.82) is 0 Å². The Balaban J connectivity index is 3.06. The molecule has 1 aromatic rings. The van der Waals surface area contributed by atoms with Gasteiger partial charge in [-0.15, -0.1) is 0 Å². The first kappa shape index (κ1) is 14.2. The van der Waals surface area contributed by atoms with Crippen LogP contribution in [0.5, 0.6) is 0 Å². The van der Waals surface area contributed by atoms with Crippen molar-refractivity contribution < 1.29 is 8.42 Å². The number of rotatable bonds is 7. The summed E-state index contributed by atoms with van der Waals surface area (Å²) in [6.07, 6.45) is 2.68. The van der Waals surface area contributed by atoms with Crippen LogP contribution in [0.2, 0.25) is 0 Å². The van der Waals surface area contributed by atoms with Crippen LogP contribution >= 0.6 is 0 Å². The molecule has 0 saturated heterocycles. The first-order valence-electron chi connectivity index (χ1n) is 5.88. The van der Waals surface area contributed by atoms with E-state index in [0.29, 0.717) is 18.0 Å². The van der Waals surface area contributed by atoms with Gasteiger partial charge in [-0.1, -0.05) is 13.8 Å². The predicted molar refractivity (Wildman–Crippen MR) is 68.3 cm³/mol. The lowest BCUT2D eigenvalue weighted by atomic mass is 10.4. The standard InChI is InChI=1S/C11H21N3O2S/c1-4-6-14-9-11(7-10(14)8-12-3)17(15,16)13-5-2/h7,9,12-13H,4-6,8H2,1-3H3. The van der Waals surface area contributed by atoms with E-state index < -0.39 is 10.0 Å². The van der Waals surface area contributed by atoms with Crippen molar-refractivity contribution in [2.75, 3.05) is 13.6 Å². The van der Waals surface area contributed by atoms with Gasteiger partial charge in [0.15, 0.2) is 0 Å². The fraction of sp³-hybridized carbons (Fsp3) is 0.636. The second-order valence-electron chi connectivity index (χ2n) is 3.89. The van der Waals surface area contributed by atoms with E-state index in [1.54, 1.807) is 19.2 Å². The highest BCUT2D eigenvalue weighted by atomic mass is 32.2. The summed E-state index contributed by atoms with van der Waals surface area (Å²) in [4.78, 5) is 0.345. The Morgan fingerprint density at radius 2 is 2.06 bits per heavy atom. The van der Waals surface area contributed by atoms with Gasteiger partial charge in [0, 0.05) is 31.5 Å². The Morgan fingerprint density at radius 1 is 1.35 bits per heavy atom. The third-order valence-corrected chi connectivity index (χ3v) is 3.94. The second-order valence-corrected chi connectivity index (χ2v) is 5.66. The maximum atomic E-state index is 11.9. The number of sulfonamides is 1. The van der Waals surface area contributed by atoms with Crippen LogP contribution in [0.3, 0.4) is 0 Å². The van der Waals surface area contributed by atoms with E-state index >= 15 is 0 Å². The molecule has 0 saturated carbocycles. The minimum Gasteiger partial charge on any atom is -0.349 e. The maximum Gasteiger partial charge on any atom is 0.242 e. The number of aromatic nitrogens is 1. The van der Waals surface area contributed by atoms with Gasteiger partial charge in [-0.3, -0.25) is 0 Å². The molecule has 0 aliphatic carbocycles. The number of hydrogen-bond donors (Lipinski definition) is 2. The normalized spacial score (nSPS) is 11.9. The smallest absolute Gasteiger partial charge is 0.242 e. The molecule has 0 aliphatic heterocycles. The number of nitrogens with one attached hydrogen (secondary N) is 2. The van der Waals surface area contributed by atoms with Gasteiger partial charge in [0.2, 0.25) is 10.0 Å². The molecule has 0 radical (unpaired) electrons. The van der Waals surface area contributed by atoms with Crippen LogP contribution in [-0.2, 0) is 23.1 Å². The first-order valence-corrected chi connectivity index (χ1v) is 7.36. The molecule has 5 nitrogen and oxygen atoms in total. The lowest BCUT2D eigenvalue weighted by molar-refractivity contribution is 0.582. The van der Waals surface area contributed by atoms with Crippen molar-refractivity contribution in [3.8, 4) is 0 Å². The molecule has 1 heterocycles. The molecule has 0 atom stereocenters. The highest BCUT2D eigenvalue weighted by Crippen LogP contribution is 2.15. The Kier molecular flexibility index (Phi) is 5.17. The fourth-order valence-corrected chi connectivity index (χ4v) is 2.83. The van der Waals surface area contributed by atoms with Crippen molar-refractivity contribution in [2.24, 2.45) is 0 Å². The van der Waals surface area contributed by atoms with Crippen LogP contribution in [0.25, 0.3) is 0 Å². The topological polar surface area (TPSA) is 63.1 Å².